The van der Waals surface area contributed by atoms with Crippen molar-refractivity contribution in [2.75, 3.05) is 6.61 Å². The number of ether oxygens (including phenoxy) is 1. The maximum Gasteiger partial charge on any atom is 0.440 e. The molecule has 1 N–H and O–H groups in total. The molecule has 0 aromatic heterocycles. The van der Waals surface area contributed by atoms with Crippen molar-refractivity contribution in [1.82, 2.24) is 0 Å². The lowest BCUT2D eigenvalue weighted by Gasteiger charge is -2.22. The number of hydrogen-bond donors (Lipinski definition) is 1. The Bertz CT molecular complexity index is 615. The number of rotatable bonds is 2. The molecule has 1 aromatic carbocycles. The van der Waals surface area contributed by atoms with E-state index in [1.54, 1.807) is 31.9 Å². The zero-order chi connectivity index (χ0) is 17.1. The first-order chi connectivity index (χ1) is 10.0. The van der Waals surface area contributed by atoms with Gasteiger partial charge in [-0.15, -0.1) is 0 Å². The van der Waals surface area contributed by atoms with E-state index in [4.69, 9.17) is 0 Å². The van der Waals surface area contributed by atoms with E-state index in [9.17, 15) is 23.1 Å². The van der Waals surface area contributed by atoms with E-state index in [1.165, 1.54) is 6.92 Å². The molecule has 0 amide bonds. The molecule has 0 aliphatic carbocycles. The molecule has 0 unspecified atom stereocenters. The molecular weight excluding hydrogens is 297 g/mol. The van der Waals surface area contributed by atoms with Crippen LogP contribution in [0.2, 0.25) is 0 Å². The van der Waals surface area contributed by atoms with Gasteiger partial charge in [0.1, 0.15) is 0 Å². The van der Waals surface area contributed by atoms with Crippen LogP contribution in [-0.2, 0) is 9.53 Å². The van der Waals surface area contributed by atoms with E-state index in [2.05, 4.69) is 10.7 Å². The molecule has 0 heterocycles. The van der Waals surface area contributed by atoms with Gasteiger partial charge in [-0.3, -0.25) is 0 Å². The van der Waals surface area contributed by atoms with Gasteiger partial charge in [0, 0.05) is 5.56 Å². The van der Waals surface area contributed by atoms with Crippen LogP contribution in [0, 0.1) is 32.6 Å². The summed E-state index contributed by atoms with van der Waals surface area (Å²) in [4.78, 5) is 11.5. The van der Waals surface area contributed by atoms with E-state index < -0.39 is 17.7 Å². The van der Waals surface area contributed by atoms with Crippen molar-refractivity contribution < 1.29 is 27.8 Å². The standard InChI is InChI=1S/C16H17F3O3/c1-5-22-14(20)15(21,16(17,18)19)7-6-13-11(3)8-10(2)9-12(13)4/h8-9,21H,5H2,1-4H3/t15-/m1/s1. The van der Waals surface area contributed by atoms with Gasteiger partial charge in [-0.1, -0.05) is 23.6 Å². The molecule has 0 aliphatic rings. The van der Waals surface area contributed by atoms with Crippen LogP contribution >= 0.6 is 0 Å². The maximum atomic E-state index is 13.0. The van der Waals surface area contributed by atoms with Crippen molar-refractivity contribution in [2.45, 2.75) is 39.5 Å². The van der Waals surface area contributed by atoms with Gasteiger partial charge in [0.25, 0.3) is 0 Å². The summed E-state index contributed by atoms with van der Waals surface area (Å²) in [6.45, 7) is 6.29. The molecule has 22 heavy (non-hydrogen) atoms. The quantitative estimate of drug-likeness (QED) is 0.674. The monoisotopic (exact) mass is 314 g/mol. The third-order valence-electron chi connectivity index (χ3n) is 3.03. The molecule has 0 aliphatic heterocycles. The second kappa shape index (κ2) is 6.41. The first kappa shape index (κ1) is 18.1. The van der Waals surface area contributed by atoms with Crippen molar-refractivity contribution in [1.29, 1.82) is 0 Å². The maximum absolute atomic E-state index is 13.0. The van der Waals surface area contributed by atoms with Crippen molar-refractivity contribution in [3.63, 3.8) is 0 Å². The number of aryl methyl sites for hydroxylation is 3. The van der Waals surface area contributed by atoms with Gasteiger partial charge in [0.15, 0.2) is 0 Å². The Morgan fingerprint density at radius 3 is 2.14 bits per heavy atom. The minimum absolute atomic E-state index is 0.290. The summed E-state index contributed by atoms with van der Waals surface area (Å²) in [6.07, 6.45) is -5.25. The number of hydrogen-bond acceptors (Lipinski definition) is 3. The number of carbonyl (C=O) groups excluding carboxylic acids is 1. The summed E-state index contributed by atoms with van der Waals surface area (Å²) in [5.41, 5.74) is -1.22. The smallest absolute Gasteiger partial charge is 0.440 e. The van der Waals surface area contributed by atoms with Gasteiger partial charge >= 0.3 is 17.7 Å². The van der Waals surface area contributed by atoms with Gasteiger partial charge in [0.05, 0.1) is 6.61 Å². The highest BCUT2D eigenvalue weighted by Gasteiger charge is 2.60. The molecule has 1 rings (SSSR count). The molecule has 0 saturated heterocycles. The third kappa shape index (κ3) is 3.60. The second-order valence-electron chi connectivity index (χ2n) is 4.95. The lowest BCUT2D eigenvalue weighted by molar-refractivity contribution is -0.242. The van der Waals surface area contributed by atoms with Crippen molar-refractivity contribution in [3.05, 3.63) is 34.4 Å². The average Bonchev–Trinajstić information content (AvgIpc) is 2.35. The van der Waals surface area contributed by atoms with Crippen LogP contribution in [0.3, 0.4) is 0 Å². The predicted molar refractivity (Wildman–Crippen MR) is 75.2 cm³/mol. The minimum atomic E-state index is -5.25. The molecule has 120 valence electrons. The van der Waals surface area contributed by atoms with Crippen LogP contribution in [0.1, 0.15) is 29.2 Å². The molecule has 0 bridgehead atoms. The highest BCUT2D eigenvalue weighted by Crippen LogP contribution is 2.31. The zero-order valence-electron chi connectivity index (χ0n) is 12.8. The minimum Gasteiger partial charge on any atom is -0.463 e. The zero-order valence-corrected chi connectivity index (χ0v) is 12.8. The van der Waals surface area contributed by atoms with Gasteiger partial charge in [0.2, 0.25) is 0 Å². The van der Waals surface area contributed by atoms with Crippen LogP contribution in [0.4, 0.5) is 13.2 Å². The molecule has 1 aromatic rings. The molecule has 0 fully saturated rings. The topological polar surface area (TPSA) is 46.5 Å². The first-order valence-corrected chi connectivity index (χ1v) is 6.60. The Kier molecular flexibility index (Phi) is 5.26. The van der Waals surface area contributed by atoms with Gasteiger partial charge in [-0.25, -0.2) is 4.79 Å². The Balaban J connectivity index is 3.38. The van der Waals surface area contributed by atoms with Crippen molar-refractivity contribution in [3.8, 4) is 11.8 Å². The summed E-state index contributed by atoms with van der Waals surface area (Å²) >= 11 is 0. The van der Waals surface area contributed by atoms with Crippen LogP contribution in [-0.4, -0.2) is 29.5 Å². The predicted octanol–water partition coefficient (Wildman–Crippen LogP) is 2.82. The molecule has 3 nitrogen and oxygen atoms in total. The first-order valence-electron chi connectivity index (χ1n) is 6.60. The van der Waals surface area contributed by atoms with E-state index in [1.807, 2.05) is 6.92 Å². The number of carbonyl (C=O) groups is 1. The largest absolute Gasteiger partial charge is 0.463 e. The summed E-state index contributed by atoms with van der Waals surface area (Å²) in [5.74, 6) is 2.10. The van der Waals surface area contributed by atoms with Crippen LogP contribution in [0.5, 0.6) is 0 Å². The molecule has 6 heteroatoms. The number of esters is 1. The van der Waals surface area contributed by atoms with E-state index in [-0.39, 0.29) is 6.61 Å². The molecule has 1 atom stereocenters. The normalized spacial score (nSPS) is 13.8. The van der Waals surface area contributed by atoms with Crippen molar-refractivity contribution >= 4 is 5.97 Å². The molecule has 0 saturated carbocycles. The second-order valence-corrected chi connectivity index (χ2v) is 4.95. The van der Waals surface area contributed by atoms with E-state index >= 15 is 0 Å². The van der Waals surface area contributed by atoms with E-state index in [0.29, 0.717) is 16.7 Å². The highest BCUT2D eigenvalue weighted by molar-refractivity contribution is 5.85. The fourth-order valence-electron chi connectivity index (χ4n) is 2.00. The Morgan fingerprint density at radius 2 is 1.73 bits per heavy atom. The number of benzene rings is 1. The Labute approximate surface area is 127 Å². The average molecular weight is 314 g/mol. The summed E-state index contributed by atoms with van der Waals surface area (Å²) in [5, 5.41) is 9.67. The van der Waals surface area contributed by atoms with Crippen LogP contribution in [0.15, 0.2) is 12.1 Å². The van der Waals surface area contributed by atoms with Gasteiger partial charge in [-0.05, 0) is 44.7 Å². The fraction of sp³-hybridized carbons (Fsp3) is 0.438. The SMILES string of the molecule is CCOC(=O)[C@](O)(C#Cc1c(C)cc(C)cc1C)C(F)(F)F. The number of halogens is 3. The van der Waals surface area contributed by atoms with Gasteiger partial charge < -0.3 is 9.84 Å². The molecule has 0 radical (unpaired) electrons. The van der Waals surface area contributed by atoms with Crippen molar-refractivity contribution in [2.24, 2.45) is 0 Å². The Hall–Kier alpha value is -2.00. The van der Waals surface area contributed by atoms with E-state index in [0.717, 1.165) is 5.56 Å². The number of aliphatic hydroxyl groups is 1. The summed E-state index contributed by atoms with van der Waals surface area (Å²) in [7, 11) is 0. The highest BCUT2D eigenvalue weighted by atomic mass is 19.4. The molecule has 0 spiro atoms. The summed E-state index contributed by atoms with van der Waals surface area (Å²) in [6, 6.07) is 3.52. The van der Waals surface area contributed by atoms with Gasteiger partial charge in [-0.2, -0.15) is 13.2 Å². The number of alkyl halides is 3. The fourth-order valence-corrected chi connectivity index (χ4v) is 2.00. The van der Waals surface area contributed by atoms with Crippen LogP contribution < -0.4 is 0 Å². The third-order valence-corrected chi connectivity index (χ3v) is 3.03. The van der Waals surface area contributed by atoms with Crippen LogP contribution in [0.25, 0.3) is 0 Å². The summed E-state index contributed by atoms with van der Waals surface area (Å²) < 4.78 is 43.3. The Morgan fingerprint density at radius 1 is 1.23 bits per heavy atom. The lowest BCUT2D eigenvalue weighted by Crippen LogP contribution is -2.52. The lowest BCUT2D eigenvalue weighted by atomic mass is 9.98. The molecular formula is C16H17F3O3.